The fourth-order valence-electron chi connectivity index (χ4n) is 1.81. The molecule has 1 heterocycles. The van der Waals surface area contributed by atoms with Gasteiger partial charge < -0.3 is 15.7 Å². The first-order valence-corrected chi connectivity index (χ1v) is 7.02. The van der Waals surface area contributed by atoms with Crippen molar-refractivity contribution >= 4 is 6.03 Å². The van der Waals surface area contributed by atoms with E-state index in [-0.39, 0.29) is 18.6 Å². The predicted octanol–water partition coefficient (Wildman–Crippen LogP) is 1.36. The van der Waals surface area contributed by atoms with Crippen molar-refractivity contribution in [3.05, 3.63) is 18.0 Å². The third-order valence-electron chi connectivity index (χ3n) is 3.78. The molecular weight excluding hydrogens is 256 g/mol. The maximum Gasteiger partial charge on any atom is 0.315 e. The molecule has 114 valence electrons. The van der Waals surface area contributed by atoms with Crippen molar-refractivity contribution < 1.29 is 9.90 Å². The molecule has 0 aliphatic heterocycles. The highest BCUT2D eigenvalue weighted by Crippen LogP contribution is 2.18. The Labute approximate surface area is 120 Å². The van der Waals surface area contributed by atoms with Crippen LogP contribution in [0.25, 0.3) is 0 Å². The summed E-state index contributed by atoms with van der Waals surface area (Å²) < 4.78 is 1.62. The van der Waals surface area contributed by atoms with Gasteiger partial charge in [0.05, 0.1) is 12.7 Å². The molecule has 20 heavy (non-hydrogen) atoms. The average Bonchev–Trinajstić information content (AvgIpc) is 2.83. The summed E-state index contributed by atoms with van der Waals surface area (Å²) in [4.78, 5) is 11.8. The maximum atomic E-state index is 11.8. The second kappa shape index (κ2) is 6.74. The van der Waals surface area contributed by atoms with E-state index in [4.69, 9.17) is 0 Å². The van der Waals surface area contributed by atoms with Crippen LogP contribution in [0.3, 0.4) is 0 Å². The van der Waals surface area contributed by atoms with Gasteiger partial charge >= 0.3 is 6.03 Å². The van der Waals surface area contributed by atoms with Crippen LogP contribution in [0.5, 0.6) is 0 Å². The van der Waals surface area contributed by atoms with Gasteiger partial charge in [-0.3, -0.25) is 4.68 Å². The molecule has 0 fully saturated rings. The van der Waals surface area contributed by atoms with Crippen LogP contribution in [0.2, 0.25) is 0 Å². The minimum atomic E-state index is -1.13. The van der Waals surface area contributed by atoms with Gasteiger partial charge in [0, 0.05) is 24.8 Å². The molecule has 2 amide bonds. The Balaban J connectivity index is 2.48. The van der Waals surface area contributed by atoms with Gasteiger partial charge in [0.1, 0.15) is 5.60 Å². The number of carbonyl (C=O) groups excluding carboxylic acids is 1. The highest BCUT2D eigenvalue weighted by molar-refractivity contribution is 5.74. The molecule has 0 spiro atoms. The Morgan fingerprint density at radius 2 is 2.20 bits per heavy atom. The molecular formula is C14H26N4O2. The number of amides is 2. The van der Waals surface area contributed by atoms with E-state index in [1.807, 2.05) is 6.92 Å². The van der Waals surface area contributed by atoms with E-state index in [1.54, 1.807) is 31.0 Å². The standard InChI is InChI=1S/C14H26N4O2/c1-6-10(2)11(3)17-13(19)15-9-14(4,20)12-7-16-18(5)8-12/h7-8,10-11,20H,6,9H2,1-5H3,(H2,15,17,19). The van der Waals surface area contributed by atoms with E-state index < -0.39 is 5.60 Å². The van der Waals surface area contributed by atoms with E-state index in [9.17, 15) is 9.90 Å². The number of urea groups is 1. The van der Waals surface area contributed by atoms with Crippen LogP contribution in [-0.4, -0.2) is 33.5 Å². The zero-order valence-corrected chi connectivity index (χ0v) is 13.0. The number of rotatable bonds is 6. The van der Waals surface area contributed by atoms with Gasteiger partial charge in [0.2, 0.25) is 0 Å². The average molecular weight is 282 g/mol. The number of hydrogen-bond donors (Lipinski definition) is 3. The lowest BCUT2D eigenvalue weighted by Crippen LogP contribution is -2.47. The van der Waals surface area contributed by atoms with Crippen LogP contribution in [0.15, 0.2) is 12.4 Å². The summed E-state index contributed by atoms with van der Waals surface area (Å²) in [6, 6.07) is -0.162. The molecule has 0 aliphatic rings. The molecule has 0 radical (unpaired) electrons. The van der Waals surface area contributed by atoms with Gasteiger partial charge in [0.25, 0.3) is 0 Å². The van der Waals surface area contributed by atoms with E-state index in [0.29, 0.717) is 11.5 Å². The molecule has 1 aromatic rings. The highest BCUT2D eigenvalue weighted by Gasteiger charge is 2.25. The third kappa shape index (κ3) is 4.52. The molecule has 0 saturated heterocycles. The Bertz CT molecular complexity index is 442. The number of nitrogens with one attached hydrogen (secondary N) is 2. The van der Waals surface area contributed by atoms with Crippen molar-refractivity contribution in [2.45, 2.75) is 45.8 Å². The fourth-order valence-corrected chi connectivity index (χ4v) is 1.81. The van der Waals surface area contributed by atoms with Gasteiger partial charge in [-0.1, -0.05) is 20.3 Å². The quantitative estimate of drug-likeness (QED) is 0.737. The number of nitrogens with zero attached hydrogens (tertiary/aromatic N) is 2. The van der Waals surface area contributed by atoms with Crippen molar-refractivity contribution in [2.75, 3.05) is 6.54 Å². The summed E-state index contributed by atoms with van der Waals surface area (Å²) in [6.45, 7) is 7.96. The smallest absolute Gasteiger partial charge is 0.315 e. The lowest BCUT2D eigenvalue weighted by molar-refractivity contribution is 0.0591. The van der Waals surface area contributed by atoms with E-state index in [0.717, 1.165) is 6.42 Å². The Kier molecular flexibility index (Phi) is 5.56. The topological polar surface area (TPSA) is 79.2 Å². The van der Waals surface area contributed by atoms with Crippen LogP contribution in [0.4, 0.5) is 4.79 Å². The normalized spacial score (nSPS) is 17.1. The number of aromatic nitrogens is 2. The first-order valence-electron chi connectivity index (χ1n) is 7.02. The molecule has 6 heteroatoms. The monoisotopic (exact) mass is 282 g/mol. The third-order valence-corrected chi connectivity index (χ3v) is 3.78. The predicted molar refractivity (Wildman–Crippen MR) is 78.2 cm³/mol. The van der Waals surface area contributed by atoms with Crippen molar-refractivity contribution in [2.24, 2.45) is 13.0 Å². The first-order chi connectivity index (χ1) is 9.26. The fraction of sp³-hybridized carbons (Fsp3) is 0.714. The second-order valence-electron chi connectivity index (χ2n) is 5.68. The number of aliphatic hydroxyl groups is 1. The maximum absolute atomic E-state index is 11.8. The summed E-state index contributed by atoms with van der Waals surface area (Å²) >= 11 is 0. The zero-order valence-electron chi connectivity index (χ0n) is 13.0. The van der Waals surface area contributed by atoms with Crippen LogP contribution < -0.4 is 10.6 Å². The molecule has 0 bridgehead atoms. The molecule has 0 aliphatic carbocycles. The molecule has 6 nitrogen and oxygen atoms in total. The summed E-state index contributed by atoms with van der Waals surface area (Å²) in [5.74, 6) is 0.416. The minimum absolute atomic E-state index is 0.100. The molecule has 3 atom stereocenters. The molecule has 1 rings (SSSR count). The summed E-state index contributed by atoms with van der Waals surface area (Å²) in [6.07, 6.45) is 4.34. The number of carbonyl (C=O) groups is 1. The molecule has 1 aromatic heterocycles. The minimum Gasteiger partial charge on any atom is -0.383 e. The Morgan fingerprint density at radius 1 is 1.55 bits per heavy atom. The largest absolute Gasteiger partial charge is 0.383 e. The lowest BCUT2D eigenvalue weighted by atomic mass is 9.99. The SMILES string of the molecule is CCC(C)C(C)NC(=O)NCC(C)(O)c1cnn(C)c1. The first kappa shape index (κ1) is 16.5. The molecule has 0 aromatic carbocycles. The van der Waals surface area contributed by atoms with Crippen molar-refractivity contribution in [3.63, 3.8) is 0 Å². The van der Waals surface area contributed by atoms with E-state index in [1.165, 1.54) is 0 Å². The second-order valence-corrected chi connectivity index (χ2v) is 5.68. The van der Waals surface area contributed by atoms with E-state index in [2.05, 4.69) is 29.6 Å². The van der Waals surface area contributed by atoms with Crippen LogP contribution in [-0.2, 0) is 12.6 Å². The van der Waals surface area contributed by atoms with Gasteiger partial charge in [-0.15, -0.1) is 0 Å². The van der Waals surface area contributed by atoms with Crippen molar-refractivity contribution in [3.8, 4) is 0 Å². The van der Waals surface area contributed by atoms with Gasteiger partial charge in [0.15, 0.2) is 0 Å². The summed E-state index contributed by atoms with van der Waals surface area (Å²) in [7, 11) is 1.79. The summed E-state index contributed by atoms with van der Waals surface area (Å²) in [5, 5.41) is 19.9. The van der Waals surface area contributed by atoms with Gasteiger partial charge in [-0.05, 0) is 19.8 Å². The molecule has 3 N–H and O–H groups in total. The Hall–Kier alpha value is -1.56. The van der Waals surface area contributed by atoms with Crippen molar-refractivity contribution in [1.82, 2.24) is 20.4 Å². The highest BCUT2D eigenvalue weighted by atomic mass is 16.3. The van der Waals surface area contributed by atoms with Crippen LogP contribution >= 0.6 is 0 Å². The van der Waals surface area contributed by atoms with E-state index >= 15 is 0 Å². The summed E-state index contributed by atoms with van der Waals surface area (Å²) in [5.41, 5.74) is -0.458. The zero-order chi connectivity index (χ0) is 15.3. The van der Waals surface area contributed by atoms with Crippen LogP contribution in [0, 0.1) is 5.92 Å². The van der Waals surface area contributed by atoms with Crippen LogP contribution in [0.1, 0.15) is 39.7 Å². The number of aryl methyl sites for hydroxylation is 1. The van der Waals surface area contributed by atoms with Crippen molar-refractivity contribution in [1.29, 1.82) is 0 Å². The number of hydrogen-bond acceptors (Lipinski definition) is 3. The molecule has 0 saturated carbocycles. The molecule has 3 unspecified atom stereocenters. The van der Waals surface area contributed by atoms with Gasteiger partial charge in [-0.2, -0.15) is 5.10 Å². The Morgan fingerprint density at radius 3 is 2.70 bits per heavy atom. The lowest BCUT2D eigenvalue weighted by Gasteiger charge is -2.24. The van der Waals surface area contributed by atoms with Gasteiger partial charge in [-0.25, -0.2) is 4.79 Å².